The molecule has 1 unspecified atom stereocenters. The Balaban J connectivity index is 0.00000112. The lowest BCUT2D eigenvalue weighted by Crippen LogP contribution is -2.33. The Labute approximate surface area is 97.4 Å². The summed E-state index contributed by atoms with van der Waals surface area (Å²) in [7, 11) is 1.73. The van der Waals surface area contributed by atoms with Crippen LogP contribution in [0, 0.1) is 0 Å². The van der Waals surface area contributed by atoms with Crippen LogP contribution in [0.25, 0.3) is 0 Å². The molecule has 1 atom stereocenters. The van der Waals surface area contributed by atoms with E-state index in [1.165, 1.54) is 18.4 Å². The zero-order valence-electron chi connectivity index (χ0n) is 9.25. The highest BCUT2D eigenvalue weighted by molar-refractivity contribution is 5.85. The van der Waals surface area contributed by atoms with Gasteiger partial charge in [0.15, 0.2) is 0 Å². The Morgan fingerprint density at radius 1 is 1.33 bits per heavy atom. The molecule has 15 heavy (non-hydrogen) atoms. The predicted molar refractivity (Wildman–Crippen MR) is 64.8 cm³/mol. The summed E-state index contributed by atoms with van der Waals surface area (Å²) in [6.45, 7) is 3.35. The highest BCUT2D eigenvalue weighted by Crippen LogP contribution is 2.35. The van der Waals surface area contributed by atoms with E-state index in [1.807, 2.05) is 12.1 Å². The number of benzene rings is 1. The van der Waals surface area contributed by atoms with Crippen molar-refractivity contribution in [3.63, 3.8) is 0 Å². The normalized spacial score (nSPS) is 24.7. The smallest absolute Gasteiger partial charge is 0.123 e. The molecule has 1 aromatic rings. The van der Waals surface area contributed by atoms with Gasteiger partial charge in [-0.25, -0.2) is 0 Å². The fourth-order valence-electron chi connectivity index (χ4n) is 2.22. The second kappa shape index (κ2) is 4.86. The lowest BCUT2D eigenvalue weighted by atomic mass is 9.90. The van der Waals surface area contributed by atoms with E-state index in [9.17, 15) is 0 Å². The quantitative estimate of drug-likeness (QED) is 0.839. The molecule has 3 heteroatoms. The maximum Gasteiger partial charge on any atom is 0.123 e. The van der Waals surface area contributed by atoms with Crippen LogP contribution in [0.3, 0.4) is 0 Å². The van der Waals surface area contributed by atoms with Crippen LogP contribution in [0.4, 0.5) is 0 Å². The molecule has 1 aromatic carbocycles. The van der Waals surface area contributed by atoms with Gasteiger partial charge in [0.1, 0.15) is 5.75 Å². The van der Waals surface area contributed by atoms with E-state index >= 15 is 0 Å². The van der Waals surface area contributed by atoms with Gasteiger partial charge in [-0.3, -0.25) is 0 Å². The number of nitrogens with one attached hydrogen (secondary N) is 1. The van der Waals surface area contributed by atoms with Gasteiger partial charge in [-0.2, -0.15) is 0 Å². The summed E-state index contributed by atoms with van der Waals surface area (Å²) in [4.78, 5) is 0. The minimum Gasteiger partial charge on any atom is -0.496 e. The molecular formula is C12H18ClNO. The Kier molecular flexibility index (Phi) is 4.00. The van der Waals surface area contributed by atoms with Gasteiger partial charge in [0.05, 0.1) is 7.11 Å². The topological polar surface area (TPSA) is 21.3 Å². The highest BCUT2D eigenvalue weighted by Gasteiger charge is 2.32. The van der Waals surface area contributed by atoms with Crippen LogP contribution < -0.4 is 10.1 Å². The van der Waals surface area contributed by atoms with E-state index in [0.717, 1.165) is 12.3 Å². The first-order valence-corrected chi connectivity index (χ1v) is 5.15. The van der Waals surface area contributed by atoms with E-state index < -0.39 is 0 Å². The van der Waals surface area contributed by atoms with Gasteiger partial charge in [0.2, 0.25) is 0 Å². The molecule has 1 fully saturated rings. The average molecular weight is 228 g/mol. The summed E-state index contributed by atoms with van der Waals surface area (Å²) in [6, 6.07) is 8.27. The number of hydrogen-bond donors (Lipinski definition) is 1. The molecule has 1 N–H and O–H groups in total. The van der Waals surface area contributed by atoms with Gasteiger partial charge < -0.3 is 10.1 Å². The van der Waals surface area contributed by atoms with Gasteiger partial charge >= 0.3 is 0 Å². The first-order chi connectivity index (χ1) is 6.76. The molecule has 1 saturated heterocycles. The average Bonchev–Trinajstić information content (AvgIpc) is 2.66. The maximum absolute atomic E-state index is 5.38. The van der Waals surface area contributed by atoms with Crippen LogP contribution in [0.1, 0.15) is 25.3 Å². The molecule has 0 bridgehead atoms. The summed E-state index contributed by atoms with van der Waals surface area (Å²) >= 11 is 0. The Bertz CT molecular complexity index is 321. The van der Waals surface area contributed by atoms with Crippen molar-refractivity contribution in [1.29, 1.82) is 0 Å². The van der Waals surface area contributed by atoms with E-state index in [-0.39, 0.29) is 17.9 Å². The zero-order valence-corrected chi connectivity index (χ0v) is 10.1. The number of rotatable bonds is 2. The molecular weight excluding hydrogens is 210 g/mol. The molecule has 2 nitrogen and oxygen atoms in total. The number of ether oxygens (including phenoxy) is 1. The molecule has 1 aliphatic heterocycles. The second-order valence-electron chi connectivity index (χ2n) is 4.06. The largest absolute Gasteiger partial charge is 0.496 e. The maximum atomic E-state index is 5.38. The van der Waals surface area contributed by atoms with Gasteiger partial charge in [0.25, 0.3) is 0 Å². The highest BCUT2D eigenvalue weighted by atomic mass is 35.5. The van der Waals surface area contributed by atoms with E-state index in [0.29, 0.717) is 0 Å². The minimum absolute atomic E-state index is 0. The fourth-order valence-corrected chi connectivity index (χ4v) is 2.22. The predicted octanol–water partition coefficient (Wildman–Crippen LogP) is 2.72. The lowest BCUT2D eigenvalue weighted by molar-refractivity contribution is 0.371. The van der Waals surface area contributed by atoms with Crippen molar-refractivity contribution in [2.45, 2.75) is 25.3 Å². The molecule has 0 aliphatic carbocycles. The Morgan fingerprint density at radius 3 is 2.67 bits per heavy atom. The first kappa shape index (κ1) is 12.3. The minimum atomic E-state index is 0. The van der Waals surface area contributed by atoms with Crippen molar-refractivity contribution in [1.82, 2.24) is 5.32 Å². The SMILES string of the molecule is COc1ccccc1C1(C)CCCN1.Cl. The van der Waals surface area contributed by atoms with Crippen molar-refractivity contribution in [3.05, 3.63) is 29.8 Å². The third-order valence-electron chi connectivity index (χ3n) is 3.07. The lowest BCUT2D eigenvalue weighted by Gasteiger charge is -2.26. The van der Waals surface area contributed by atoms with Crippen LogP contribution in [0.5, 0.6) is 5.75 Å². The Hall–Kier alpha value is -0.730. The number of hydrogen-bond acceptors (Lipinski definition) is 2. The molecule has 1 heterocycles. The second-order valence-corrected chi connectivity index (χ2v) is 4.06. The van der Waals surface area contributed by atoms with Crippen molar-refractivity contribution in [2.75, 3.05) is 13.7 Å². The van der Waals surface area contributed by atoms with Crippen molar-refractivity contribution >= 4 is 12.4 Å². The molecule has 1 aliphatic rings. The third-order valence-corrected chi connectivity index (χ3v) is 3.07. The molecule has 0 spiro atoms. The molecule has 84 valence electrons. The van der Waals surface area contributed by atoms with Gasteiger partial charge in [-0.15, -0.1) is 12.4 Å². The molecule has 0 radical (unpaired) electrons. The van der Waals surface area contributed by atoms with E-state index in [4.69, 9.17) is 4.74 Å². The van der Waals surface area contributed by atoms with Crippen LogP contribution in [0.15, 0.2) is 24.3 Å². The summed E-state index contributed by atoms with van der Waals surface area (Å²) in [5.74, 6) is 0.990. The molecule has 0 saturated carbocycles. The molecule has 2 rings (SSSR count). The third kappa shape index (κ3) is 2.27. The van der Waals surface area contributed by atoms with Gasteiger partial charge in [0, 0.05) is 11.1 Å². The van der Waals surface area contributed by atoms with Crippen molar-refractivity contribution < 1.29 is 4.74 Å². The molecule has 0 aromatic heterocycles. The standard InChI is InChI=1S/C12H17NO.ClH/c1-12(8-5-9-13-12)10-6-3-4-7-11(10)14-2;/h3-4,6-7,13H,5,8-9H2,1-2H3;1H. The summed E-state index contributed by atoms with van der Waals surface area (Å²) in [5.41, 5.74) is 1.38. The van der Waals surface area contributed by atoms with Crippen LogP contribution in [-0.2, 0) is 5.54 Å². The molecule has 0 amide bonds. The number of methoxy groups -OCH3 is 1. The summed E-state index contributed by atoms with van der Waals surface area (Å²) < 4.78 is 5.38. The number of para-hydroxylation sites is 1. The first-order valence-electron chi connectivity index (χ1n) is 5.15. The van der Waals surface area contributed by atoms with Crippen molar-refractivity contribution in [2.24, 2.45) is 0 Å². The van der Waals surface area contributed by atoms with E-state index in [2.05, 4.69) is 24.4 Å². The van der Waals surface area contributed by atoms with E-state index in [1.54, 1.807) is 7.11 Å². The van der Waals surface area contributed by atoms with Crippen LogP contribution >= 0.6 is 12.4 Å². The van der Waals surface area contributed by atoms with Crippen molar-refractivity contribution in [3.8, 4) is 5.75 Å². The van der Waals surface area contributed by atoms with Crippen LogP contribution in [-0.4, -0.2) is 13.7 Å². The fraction of sp³-hybridized carbons (Fsp3) is 0.500. The monoisotopic (exact) mass is 227 g/mol. The zero-order chi connectivity index (χ0) is 10.0. The van der Waals surface area contributed by atoms with Gasteiger partial charge in [-0.1, -0.05) is 18.2 Å². The van der Waals surface area contributed by atoms with Crippen LogP contribution in [0.2, 0.25) is 0 Å². The van der Waals surface area contributed by atoms with Gasteiger partial charge in [-0.05, 0) is 32.4 Å². The Morgan fingerprint density at radius 2 is 2.07 bits per heavy atom. The number of halogens is 1. The summed E-state index contributed by atoms with van der Waals surface area (Å²) in [5, 5.41) is 3.54. The summed E-state index contributed by atoms with van der Waals surface area (Å²) in [6.07, 6.45) is 2.43.